The summed E-state index contributed by atoms with van der Waals surface area (Å²) in [6, 6.07) is 32.0. The molecule has 13 heteroatoms. The van der Waals surface area contributed by atoms with Gasteiger partial charge in [0.25, 0.3) is 10.0 Å². The molecule has 0 fully saturated rings. The highest BCUT2D eigenvalue weighted by Crippen LogP contribution is 2.45. The molecule has 7 rings (SSSR count). The Hall–Kier alpha value is -6.34. The van der Waals surface area contributed by atoms with Crippen LogP contribution in [0.25, 0.3) is 11.1 Å². The number of sulfonamides is 1. The summed E-state index contributed by atoms with van der Waals surface area (Å²) in [6.45, 7) is 9.79. The second-order valence-electron chi connectivity index (χ2n) is 16.1. The number of amides is 1. The third-order valence-electron chi connectivity index (χ3n) is 11.2. The first-order valence-electron chi connectivity index (χ1n) is 20.4. The molecule has 0 saturated heterocycles. The number of nitrogens with two attached hydrogens (primary N) is 1. The Morgan fingerprint density at radius 2 is 1.43 bits per heavy atom. The smallest absolute Gasteiger partial charge is 0.407 e. The number of hydrogen-bond donors (Lipinski definition) is 3. The van der Waals surface area contributed by atoms with E-state index in [1.54, 1.807) is 13.8 Å². The molecule has 0 saturated carbocycles. The van der Waals surface area contributed by atoms with Crippen LogP contribution in [-0.4, -0.2) is 51.2 Å². The number of esters is 1. The Morgan fingerprint density at radius 3 is 2.08 bits per heavy atom. The Labute approximate surface area is 357 Å². The van der Waals surface area contributed by atoms with E-state index in [4.69, 9.17) is 24.7 Å². The van der Waals surface area contributed by atoms with Crippen LogP contribution in [0.3, 0.4) is 0 Å². The maximum atomic E-state index is 13.7. The zero-order chi connectivity index (χ0) is 43.3. The summed E-state index contributed by atoms with van der Waals surface area (Å²) in [5, 5.41) is 2.70. The number of carbonyl (C=O) groups excluding carboxylic acids is 2. The number of alkyl carbamates (subject to hydrolysis) is 1. The van der Waals surface area contributed by atoms with Crippen LogP contribution in [0.5, 0.6) is 11.5 Å². The lowest BCUT2D eigenvalue weighted by Gasteiger charge is -2.19. The molecule has 1 heterocycles. The van der Waals surface area contributed by atoms with Crippen LogP contribution in [0.2, 0.25) is 0 Å². The van der Waals surface area contributed by atoms with Crippen LogP contribution in [0.4, 0.5) is 4.79 Å². The minimum absolute atomic E-state index is 0.0287. The number of nitrogens with zero attached hydrogens (tertiary/aromatic N) is 1. The van der Waals surface area contributed by atoms with Gasteiger partial charge in [-0.25, -0.2) is 22.7 Å². The van der Waals surface area contributed by atoms with Crippen molar-refractivity contribution in [2.45, 2.75) is 89.6 Å². The summed E-state index contributed by atoms with van der Waals surface area (Å²) in [4.78, 5) is 31.3. The lowest BCUT2D eigenvalue weighted by Crippen LogP contribution is -2.42. The maximum Gasteiger partial charge on any atom is 0.407 e. The van der Waals surface area contributed by atoms with Crippen LogP contribution in [-0.2, 0) is 43.9 Å². The lowest BCUT2D eigenvalue weighted by atomic mass is 9.94. The van der Waals surface area contributed by atoms with Crippen LogP contribution in [0.15, 0.2) is 113 Å². The highest BCUT2D eigenvalue weighted by molar-refractivity contribution is 7.90. The zero-order valence-electron chi connectivity index (χ0n) is 35.1. The van der Waals surface area contributed by atoms with Gasteiger partial charge in [-0.05, 0) is 110 Å². The molecule has 5 aromatic rings. The predicted octanol–water partition coefficient (Wildman–Crippen LogP) is 7.93. The molecular weight excluding hydrogens is 793 g/mol. The topological polar surface area (TPSA) is 168 Å². The summed E-state index contributed by atoms with van der Waals surface area (Å²) in [7, 11) is -4.10. The molecule has 5 aromatic carbocycles. The highest BCUT2D eigenvalue weighted by Gasteiger charge is 2.37. The highest BCUT2D eigenvalue weighted by atomic mass is 32.2. The van der Waals surface area contributed by atoms with Gasteiger partial charge in [0.1, 0.15) is 43.0 Å². The van der Waals surface area contributed by atoms with Gasteiger partial charge in [0.15, 0.2) is 0 Å². The number of fused-ring (bicyclic) bond motifs is 4. The monoisotopic (exact) mass is 844 g/mol. The molecule has 1 amide bonds. The fourth-order valence-electron chi connectivity index (χ4n) is 8.07. The first kappa shape index (κ1) is 42.8. The van der Waals surface area contributed by atoms with Crippen molar-refractivity contribution in [2.24, 2.45) is 10.7 Å². The minimum atomic E-state index is -4.10. The van der Waals surface area contributed by atoms with E-state index in [2.05, 4.69) is 27.2 Å². The number of rotatable bonds is 15. The van der Waals surface area contributed by atoms with Gasteiger partial charge in [-0.2, -0.15) is 0 Å². The molecule has 0 radical (unpaired) electrons. The number of benzene rings is 5. The minimum Gasteiger partial charge on any atom is -0.489 e. The molecule has 0 bridgehead atoms. The maximum absolute atomic E-state index is 13.7. The molecule has 4 N–H and O–H groups in total. The van der Waals surface area contributed by atoms with Crippen molar-refractivity contribution in [1.29, 1.82) is 0 Å². The first-order chi connectivity index (χ1) is 29.2. The third kappa shape index (κ3) is 9.84. The van der Waals surface area contributed by atoms with Gasteiger partial charge in [0.05, 0.1) is 4.90 Å². The molecule has 1 atom stereocenters. The van der Waals surface area contributed by atoms with Gasteiger partial charge in [-0.3, -0.25) is 4.99 Å². The Balaban J connectivity index is 0.989. The van der Waals surface area contributed by atoms with E-state index in [1.807, 2.05) is 112 Å². The van der Waals surface area contributed by atoms with E-state index in [-0.39, 0.29) is 49.4 Å². The summed E-state index contributed by atoms with van der Waals surface area (Å²) in [5.74, 6) is 0.366. The third-order valence-corrected chi connectivity index (χ3v) is 12.8. The van der Waals surface area contributed by atoms with Gasteiger partial charge in [-0.1, -0.05) is 91.0 Å². The molecule has 318 valence electrons. The summed E-state index contributed by atoms with van der Waals surface area (Å²) in [5.41, 5.74) is 14.5. The lowest BCUT2D eigenvalue weighted by molar-refractivity contribution is -0.147. The van der Waals surface area contributed by atoms with E-state index >= 15 is 0 Å². The Morgan fingerprint density at radius 1 is 0.820 bits per heavy atom. The fraction of sp³-hybridized carbons (Fsp3) is 0.312. The number of nitrogens with one attached hydrogen (secondary N) is 2. The van der Waals surface area contributed by atoms with Crippen molar-refractivity contribution in [3.8, 4) is 22.6 Å². The number of hydrogen-bond acceptors (Lipinski definition) is 9. The Kier molecular flexibility index (Phi) is 12.7. The molecule has 1 aliphatic carbocycles. The molecule has 0 aromatic heterocycles. The Bertz CT molecular complexity index is 2510. The summed E-state index contributed by atoms with van der Waals surface area (Å²) in [6.07, 6.45) is 0.169. The summed E-state index contributed by atoms with van der Waals surface area (Å²) < 4.78 is 53.3. The van der Waals surface area contributed by atoms with Gasteiger partial charge >= 0.3 is 12.1 Å². The van der Waals surface area contributed by atoms with E-state index in [1.165, 1.54) is 0 Å². The van der Waals surface area contributed by atoms with Crippen molar-refractivity contribution >= 4 is 28.0 Å². The molecule has 1 aliphatic heterocycles. The van der Waals surface area contributed by atoms with Crippen molar-refractivity contribution in [3.63, 3.8) is 0 Å². The molecule has 12 nitrogen and oxygen atoms in total. The van der Waals surface area contributed by atoms with Crippen molar-refractivity contribution in [1.82, 2.24) is 10.0 Å². The van der Waals surface area contributed by atoms with Gasteiger partial charge < -0.3 is 30.0 Å². The number of para-hydroxylation sites is 1. The van der Waals surface area contributed by atoms with Gasteiger partial charge in [0, 0.05) is 24.4 Å². The molecule has 61 heavy (non-hydrogen) atoms. The molecule has 2 aliphatic rings. The number of carbonyl (C=O) groups is 2. The predicted molar refractivity (Wildman–Crippen MR) is 234 cm³/mol. The summed E-state index contributed by atoms with van der Waals surface area (Å²) >= 11 is 0. The number of guanidine groups is 1. The SMILES string of the molecule is Cc1c(C)c(S(=O)(=O)NC(N)=NCCC[C@H](NC(=O)OCC2c3ccccc3-c3ccccc32)C(=O)OCc2ccc(COc3ccccc3)cc2)c(C)c2c1OC(C)(C)C2. The molecule has 0 unspecified atom stereocenters. The van der Waals surface area contributed by atoms with Crippen LogP contribution in [0, 0.1) is 20.8 Å². The first-order valence-corrected chi connectivity index (χ1v) is 21.9. The fourth-order valence-corrected chi connectivity index (χ4v) is 9.59. The van der Waals surface area contributed by atoms with Gasteiger partial charge in [-0.15, -0.1) is 0 Å². The van der Waals surface area contributed by atoms with E-state index in [9.17, 15) is 18.0 Å². The average Bonchev–Trinajstić information content (AvgIpc) is 3.75. The second kappa shape index (κ2) is 18.1. The van der Waals surface area contributed by atoms with E-state index in [0.717, 1.165) is 56.0 Å². The van der Waals surface area contributed by atoms with Crippen LogP contribution >= 0.6 is 0 Å². The van der Waals surface area contributed by atoms with Crippen LogP contribution in [0.1, 0.15) is 77.1 Å². The number of ether oxygens (including phenoxy) is 4. The van der Waals surface area contributed by atoms with E-state index < -0.39 is 33.7 Å². The average molecular weight is 845 g/mol. The normalized spacial score (nSPS) is 14.5. The number of aliphatic imine (C=N–C) groups is 1. The van der Waals surface area contributed by atoms with Crippen molar-refractivity contribution in [2.75, 3.05) is 13.2 Å². The zero-order valence-corrected chi connectivity index (χ0v) is 35.9. The largest absolute Gasteiger partial charge is 0.489 e. The second-order valence-corrected chi connectivity index (χ2v) is 17.7. The van der Waals surface area contributed by atoms with Gasteiger partial charge in [0.2, 0.25) is 5.96 Å². The standard InChI is InChI=1S/C48H52N4O8S/c1-30-31(2)44(32(3)40-26-48(4,5)60-43(30)40)61(55,56)52-46(49)50-25-13-20-42(45(53)58-28-34-23-21-33(22-24-34)27-57-35-14-7-6-8-15-35)51-47(54)59-29-41-38-18-11-9-16-36(38)37-17-10-12-19-39(37)41/h6-12,14-19,21-24,41-42H,13,20,25-29H2,1-5H3,(H,51,54)(H3,49,50,52)/t42-/m0/s1. The van der Waals surface area contributed by atoms with Crippen molar-refractivity contribution < 1.29 is 37.0 Å². The van der Waals surface area contributed by atoms with Crippen LogP contribution < -0.4 is 25.2 Å². The molecule has 0 spiro atoms. The van der Waals surface area contributed by atoms with E-state index in [0.29, 0.717) is 24.2 Å². The quantitative estimate of drug-likeness (QED) is 0.0410. The molecular formula is C48H52N4O8S. The van der Waals surface area contributed by atoms with Crippen molar-refractivity contribution in [3.05, 3.63) is 148 Å².